The summed E-state index contributed by atoms with van der Waals surface area (Å²) in [6, 6.07) is 8.68. The topological polar surface area (TPSA) is 94.1 Å². The number of benzene rings is 1. The number of aryl methyl sites for hydroxylation is 1. The van der Waals surface area contributed by atoms with Crippen molar-refractivity contribution in [3.8, 4) is 0 Å². The van der Waals surface area contributed by atoms with Gasteiger partial charge in [0, 0.05) is 12.3 Å². The van der Waals surface area contributed by atoms with E-state index in [1.165, 1.54) is 6.07 Å². The molecule has 3 rings (SSSR count). The number of nitro benzene ring substituents is 1. The Morgan fingerprint density at radius 1 is 1.33 bits per heavy atom. The molecular formula is C14H12N4O3. The van der Waals surface area contributed by atoms with Crippen molar-refractivity contribution >= 4 is 22.8 Å². The number of anilines is 1. The minimum absolute atomic E-state index is 0.0710. The van der Waals surface area contributed by atoms with Crippen LogP contribution in [0.3, 0.4) is 0 Å². The summed E-state index contributed by atoms with van der Waals surface area (Å²) in [4.78, 5) is 18.9. The molecule has 3 aromatic rings. The number of hydrogen-bond acceptors (Lipinski definition) is 6. The Morgan fingerprint density at radius 2 is 2.19 bits per heavy atom. The van der Waals surface area contributed by atoms with Gasteiger partial charge in [-0.3, -0.25) is 15.1 Å². The molecule has 7 heteroatoms. The first-order valence-corrected chi connectivity index (χ1v) is 6.33. The zero-order valence-corrected chi connectivity index (χ0v) is 11.2. The van der Waals surface area contributed by atoms with Crippen molar-refractivity contribution in [3.63, 3.8) is 0 Å². The van der Waals surface area contributed by atoms with Crippen LogP contribution in [0.2, 0.25) is 0 Å². The summed E-state index contributed by atoms with van der Waals surface area (Å²) in [6.45, 7) is 2.40. The molecule has 0 aliphatic carbocycles. The SMILES string of the molecule is Cc1cccnc1CNc1nc2c([N+](=O)[O-])cccc2o1. The van der Waals surface area contributed by atoms with Crippen molar-refractivity contribution in [2.75, 3.05) is 5.32 Å². The molecule has 0 bridgehead atoms. The van der Waals surface area contributed by atoms with Crippen molar-refractivity contribution in [1.29, 1.82) is 0 Å². The fraction of sp³-hybridized carbons (Fsp3) is 0.143. The first-order valence-electron chi connectivity index (χ1n) is 6.33. The first kappa shape index (κ1) is 13.0. The number of oxazole rings is 1. The zero-order valence-electron chi connectivity index (χ0n) is 11.2. The van der Waals surface area contributed by atoms with Crippen molar-refractivity contribution < 1.29 is 9.34 Å². The van der Waals surface area contributed by atoms with Crippen LogP contribution in [0, 0.1) is 17.0 Å². The number of rotatable bonds is 4. The number of hydrogen-bond donors (Lipinski definition) is 1. The fourth-order valence-corrected chi connectivity index (χ4v) is 2.02. The highest BCUT2D eigenvalue weighted by Crippen LogP contribution is 2.27. The molecule has 0 amide bonds. The van der Waals surface area contributed by atoms with Gasteiger partial charge in [-0.05, 0) is 24.6 Å². The Labute approximate surface area is 119 Å². The van der Waals surface area contributed by atoms with Crippen LogP contribution < -0.4 is 5.32 Å². The van der Waals surface area contributed by atoms with Gasteiger partial charge in [0.25, 0.3) is 11.7 Å². The van der Waals surface area contributed by atoms with Crippen molar-refractivity contribution in [2.24, 2.45) is 0 Å². The highest BCUT2D eigenvalue weighted by Gasteiger charge is 2.17. The third kappa shape index (κ3) is 2.53. The molecule has 21 heavy (non-hydrogen) atoms. The fourth-order valence-electron chi connectivity index (χ4n) is 2.02. The molecule has 1 aromatic carbocycles. The molecule has 1 N–H and O–H groups in total. The quantitative estimate of drug-likeness (QED) is 0.584. The van der Waals surface area contributed by atoms with Crippen LogP contribution >= 0.6 is 0 Å². The molecule has 0 aliphatic rings. The monoisotopic (exact) mass is 284 g/mol. The molecule has 106 valence electrons. The van der Waals surface area contributed by atoms with Crippen LogP contribution in [0.25, 0.3) is 11.1 Å². The highest BCUT2D eigenvalue weighted by molar-refractivity contribution is 5.83. The van der Waals surface area contributed by atoms with Crippen LogP contribution in [-0.4, -0.2) is 14.9 Å². The summed E-state index contributed by atoms with van der Waals surface area (Å²) < 4.78 is 5.47. The summed E-state index contributed by atoms with van der Waals surface area (Å²) in [5, 5.41) is 13.9. The summed E-state index contributed by atoms with van der Waals surface area (Å²) in [5.41, 5.74) is 2.46. The summed E-state index contributed by atoms with van der Waals surface area (Å²) in [7, 11) is 0. The maximum absolute atomic E-state index is 10.9. The number of nitrogens with zero attached hydrogens (tertiary/aromatic N) is 3. The molecular weight excluding hydrogens is 272 g/mol. The second-order valence-corrected chi connectivity index (χ2v) is 4.52. The maximum atomic E-state index is 10.9. The number of aromatic nitrogens is 2. The summed E-state index contributed by atoms with van der Waals surface area (Å²) >= 11 is 0. The minimum Gasteiger partial charge on any atom is -0.423 e. The maximum Gasteiger partial charge on any atom is 0.298 e. The van der Waals surface area contributed by atoms with E-state index in [0.717, 1.165) is 11.3 Å². The Balaban J connectivity index is 1.87. The molecule has 2 heterocycles. The zero-order chi connectivity index (χ0) is 14.8. The number of pyridine rings is 1. The van der Waals surface area contributed by atoms with Crippen LogP contribution in [0.5, 0.6) is 0 Å². The van der Waals surface area contributed by atoms with E-state index in [4.69, 9.17) is 4.42 Å². The predicted octanol–water partition coefficient (Wildman–Crippen LogP) is 3.05. The lowest BCUT2D eigenvalue weighted by Gasteiger charge is -2.03. The van der Waals surface area contributed by atoms with Gasteiger partial charge in [0.1, 0.15) is 0 Å². The van der Waals surface area contributed by atoms with Crippen molar-refractivity contribution in [1.82, 2.24) is 9.97 Å². The van der Waals surface area contributed by atoms with Gasteiger partial charge in [-0.25, -0.2) is 0 Å². The van der Waals surface area contributed by atoms with E-state index in [1.807, 2.05) is 19.1 Å². The van der Waals surface area contributed by atoms with Gasteiger partial charge in [-0.15, -0.1) is 0 Å². The largest absolute Gasteiger partial charge is 0.423 e. The summed E-state index contributed by atoms with van der Waals surface area (Å²) in [6.07, 6.45) is 1.71. The smallest absolute Gasteiger partial charge is 0.298 e. The van der Waals surface area contributed by atoms with E-state index in [2.05, 4.69) is 15.3 Å². The molecule has 7 nitrogen and oxygen atoms in total. The number of non-ortho nitro benzene ring substituents is 1. The Bertz CT molecular complexity index is 813. The average molecular weight is 284 g/mol. The van der Waals surface area contributed by atoms with Gasteiger partial charge in [0.05, 0.1) is 17.2 Å². The standard InChI is InChI=1S/C14H12N4O3/c1-9-4-3-7-15-10(9)8-16-14-17-13-11(18(19)20)5-2-6-12(13)21-14/h2-7H,8H2,1H3,(H,16,17). The molecule has 0 unspecified atom stereocenters. The van der Waals surface area contributed by atoms with Crippen molar-refractivity contribution in [3.05, 3.63) is 57.9 Å². The normalized spacial score (nSPS) is 10.7. The molecule has 0 aliphatic heterocycles. The van der Waals surface area contributed by atoms with Crippen LogP contribution in [0.1, 0.15) is 11.3 Å². The van der Waals surface area contributed by atoms with E-state index >= 15 is 0 Å². The highest BCUT2D eigenvalue weighted by atomic mass is 16.6. The lowest BCUT2D eigenvalue weighted by Crippen LogP contribution is -2.03. The molecule has 0 saturated carbocycles. The third-order valence-electron chi connectivity index (χ3n) is 3.12. The number of nitrogens with one attached hydrogen (secondary N) is 1. The van der Waals surface area contributed by atoms with Crippen LogP contribution in [0.4, 0.5) is 11.7 Å². The molecule has 0 spiro atoms. The van der Waals surface area contributed by atoms with E-state index in [0.29, 0.717) is 12.1 Å². The minimum atomic E-state index is -0.475. The van der Waals surface area contributed by atoms with Gasteiger partial charge >= 0.3 is 0 Å². The van der Waals surface area contributed by atoms with Crippen LogP contribution in [-0.2, 0) is 6.54 Å². The van der Waals surface area contributed by atoms with Gasteiger partial charge in [-0.1, -0.05) is 12.1 Å². The number of nitro groups is 1. The van der Waals surface area contributed by atoms with E-state index in [1.54, 1.807) is 18.3 Å². The second kappa shape index (κ2) is 5.20. The van der Waals surface area contributed by atoms with E-state index < -0.39 is 4.92 Å². The first-order chi connectivity index (χ1) is 10.1. The Morgan fingerprint density at radius 3 is 2.95 bits per heavy atom. The molecule has 0 atom stereocenters. The molecule has 0 saturated heterocycles. The van der Waals surface area contributed by atoms with Crippen molar-refractivity contribution in [2.45, 2.75) is 13.5 Å². The third-order valence-corrected chi connectivity index (χ3v) is 3.12. The van der Waals surface area contributed by atoms with E-state index in [-0.39, 0.29) is 17.2 Å². The summed E-state index contributed by atoms with van der Waals surface area (Å²) in [5.74, 6) is 0. The molecule has 0 radical (unpaired) electrons. The van der Waals surface area contributed by atoms with Gasteiger partial charge in [0.15, 0.2) is 11.1 Å². The predicted molar refractivity (Wildman–Crippen MR) is 77.0 cm³/mol. The van der Waals surface area contributed by atoms with Gasteiger partial charge in [-0.2, -0.15) is 4.98 Å². The number of fused-ring (bicyclic) bond motifs is 1. The average Bonchev–Trinajstić information content (AvgIpc) is 2.88. The van der Waals surface area contributed by atoms with E-state index in [9.17, 15) is 10.1 Å². The number of para-hydroxylation sites is 1. The molecule has 0 fully saturated rings. The molecule has 2 aromatic heterocycles. The van der Waals surface area contributed by atoms with Crippen LogP contribution in [0.15, 0.2) is 40.9 Å². The Hall–Kier alpha value is -2.96. The second-order valence-electron chi connectivity index (χ2n) is 4.52. The van der Waals surface area contributed by atoms with Gasteiger partial charge < -0.3 is 9.73 Å². The lowest BCUT2D eigenvalue weighted by molar-refractivity contribution is -0.383. The lowest BCUT2D eigenvalue weighted by atomic mass is 10.2. The Kier molecular flexibility index (Phi) is 3.23. The van der Waals surface area contributed by atoms with Gasteiger partial charge in [0.2, 0.25) is 0 Å².